The molecule has 0 spiro atoms. The standard InChI is InChI=1S/C22H30ClN3O2/c1-16(2)20-14-21(28-24-20)22(27)25(3)15-18-9-12-26(13-10-18)11-8-17-4-6-19(23)7-5-17/h4-7,14,16,18H,8-13,15H2,1-3H3. The van der Waals surface area contributed by atoms with Gasteiger partial charge in [0, 0.05) is 31.2 Å². The maximum absolute atomic E-state index is 12.6. The number of carbonyl (C=O) groups excluding carboxylic acids is 1. The van der Waals surface area contributed by atoms with Gasteiger partial charge in [-0.25, -0.2) is 0 Å². The number of nitrogens with zero attached hydrogens (tertiary/aromatic N) is 3. The number of benzene rings is 1. The molecular weight excluding hydrogens is 374 g/mol. The molecule has 1 saturated heterocycles. The average molecular weight is 404 g/mol. The first-order chi connectivity index (χ1) is 13.4. The molecule has 0 unspecified atom stereocenters. The zero-order valence-electron chi connectivity index (χ0n) is 17.0. The third kappa shape index (κ3) is 5.58. The highest BCUT2D eigenvalue weighted by molar-refractivity contribution is 6.30. The van der Waals surface area contributed by atoms with Gasteiger partial charge >= 0.3 is 0 Å². The molecule has 0 saturated carbocycles. The average Bonchev–Trinajstić information content (AvgIpc) is 3.18. The van der Waals surface area contributed by atoms with Crippen molar-refractivity contribution >= 4 is 17.5 Å². The van der Waals surface area contributed by atoms with Gasteiger partial charge in [-0.1, -0.05) is 42.7 Å². The van der Waals surface area contributed by atoms with Gasteiger partial charge in [0.05, 0.1) is 5.69 Å². The summed E-state index contributed by atoms with van der Waals surface area (Å²) in [5.41, 5.74) is 2.15. The van der Waals surface area contributed by atoms with Crippen LogP contribution >= 0.6 is 11.6 Å². The van der Waals surface area contributed by atoms with Crippen molar-refractivity contribution in [2.75, 3.05) is 33.2 Å². The Hall–Kier alpha value is -1.85. The molecule has 1 aliphatic rings. The van der Waals surface area contributed by atoms with Crippen molar-refractivity contribution in [3.63, 3.8) is 0 Å². The summed E-state index contributed by atoms with van der Waals surface area (Å²) < 4.78 is 5.24. The van der Waals surface area contributed by atoms with Crippen molar-refractivity contribution in [1.29, 1.82) is 0 Å². The van der Waals surface area contributed by atoms with Gasteiger partial charge in [0.2, 0.25) is 5.76 Å². The SMILES string of the molecule is CC(C)c1cc(C(=O)N(C)CC2CCN(CCc3ccc(Cl)cc3)CC2)on1. The summed E-state index contributed by atoms with van der Waals surface area (Å²) in [5, 5.41) is 4.78. The second-order valence-electron chi connectivity index (χ2n) is 8.12. The van der Waals surface area contributed by atoms with Crippen molar-refractivity contribution in [3.8, 4) is 0 Å². The van der Waals surface area contributed by atoms with E-state index in [1.54, 1.807) is 11.0 Å². The number of amides is 1. The first kappa shape index (κ1) is 20.9. The number of hydrogen-bond acceptors (Lipinski definition) is 4. The van der Waals surface area contributed by atoms with Crippen molar-refractivity contribution in [2.45, 2.75) is 39.0 Å². The van der Waals surface area contributed by atoms with Gasteiger partial charge in [-0.3, -0.25) is 4.79 Å². The molecule has 0 aliphatic carbocycles. The Morgan fingerprint density at radius 2 is 1.96 bits per heavy atom. The number of likely N-dealkylation sites (tertiary alicyclic amines) is 1. The van der Waals surface area contributed by atoms with E-state index < -0.39 is 0 Å². The predicted molar refractivity (Wildman–Crippen MR) is 112 cm³/mol. The molecule has 152 valence electrons. The Balaban J connectivity index is 1.41. The van der Waals surface area contributed by atoms with E-state index in [1.807, 2.05) is 33.0 Å². The fourth-order valence-electron chi connectivity index (χ4n) is 3.65. The van der Waals surface area contributed by atoms with Crippen molar-refractivity contribution in [1.82, 2.24) is 15.0 Å². The zero-order chi connectivity index (χ0) is 20.1. The molecule has 6 heteroatoms. The van der Waals surface area contributed by atoms with E-state index in [0.717, 1.165) is 56.2 Å². The molecule has 1 aromatic heterocycles. The van der Waals surface area contributed by atoms with E-state index in [4.69, 9.17) is 16.1 Å². The number of halogens is 1. The van der Waals surface area contributed by atoms with Crippen LogP contribution in [-0.2, 0) is 6.42 Å². The van der Waals surface area contributed by atoms with Crippen molar-refractivity contribution in [2.24, 2.45) is 5.92 Å². The minimum atomic E-state index is -0.0791. The molecule has 2 heterocycles. The van der Waals surface area contributed by atoms with E-state index in [2.05, 4.69) is 22.2 Å². The number of hydrogen-bond donors (Lipinski definition) is 0. The Morgan fingerprint density at radius 1 is 1.29 bits per heavy atom. The fourth-order valence-corrected chi connectivity index (χ4v) is 3.78. The van der Waals surface area contributed by atoms with Crippen molar-refractivity contribution < 1.29 is 9.32 Å². The van der Waals surface area contributed by atoms with Gasteiger partial charge in [-0.05, 0) is 61.9 Å². The van der Waals surface area contributed by atoms with E-state index in [1.165, 1.54) is 5.56 Å². The first-order valence-electron chi connectivity index (χ1n) is 10.1. The fraction of sp³-hybridized carbons (Fsp3) is 0.545. The van der Waals surface area contributed by atoms with Gasteiger partial charge < -0.3 is 14.3 Å². The van der Waals surface area contributed by atoms with Crippen LogP contribution in [0.3, 0.4) is 0 Å². The molecule has 1 amide bonds. The monoisotopic (exact) mass is 403 g/mol. The largest absolute Gasteiger partial charge is 0.351 e. The van der Waals surface area contributed by atoms with Crippen LogP contribution in [0.2, 0.25) is 5.02 Å². The van der Waals surface area contributed by atoms with Crippen LogP contribution in [0, 0.1) is 5.92 Å². The molecule has 3 rings (SSSR count). The summed E-state index contributed by atoms with van der Waals surface area (Å²) in [4.78, 5) is 16.9. The zero-order valence-corrected chi connectivity index (χ0v) is 17.8. The predicted octanol–water partition coefficient (Wildman–Crippen LogP) is 4.48. The summed E-state index contributed by atoms with van der Waals surface area (Å²) in [6.07, 6.45) is 3.28. The Morgan fingerprint density at radius 3 is 2.57 bits per heavy atom. The molecule has 5 nitrogen and oxygen atoms in total. The lowest BCUT2D eigenvalue weighted by atomic mass is 9.96. The topological polar surface area (TPSA) is 49.6 Å². The molecular formula is C22H30ClN3O2. The van der Waals surface area contributed by atoms with Crippen molar-refractivity contribution in [3.05, 3.63) is 52.4 Å². The Kier molecular flexibility index (Phi) is 7.13. The number of carbonyl (C=O) groups is 1. The summed E-state index contributed by atoms with van der Waals surface area (Å²) in [5.74, 6) is 1.05. The van der Waals surface area contributed by atoms with Crippen LogP contribution < -0.4 is 0 Å². The molecule has 28 heavy (non-hydrogen) atoms. The molecule has 0 N–H and O–H groups in total. The molecule has 1 fully saturated rings. The van der Waals surface area contributed by atoms with Crippen LogP contribution in [0.25, 0.3) is 0 Å². The summed E-state index contributed by atoms with van der Waals surface area (Å²) in [6, 6.07) is 9.87. The minimum Gasteiger partial charge on any atom is -0.351 e. The maximum atomic E-state index is 12.6. The Bertz CT molecular complexity index is 764. The lowest BCUT2D eigenvalue weighted by Gasteiger charge is -2.33. The highest BCUT2D eigenvalue weighted by Gasteiger charge is 2.24. The van der Waals surface area contributed by atoms with Crippen LogP contribution in [0.15, 0.2) is 34.9 Å². The second-order valence-corrected chi connectivity index (χ2v) is 8.55. The lowest BCUT2D eigenvalue weighted by Crippen LogP contribution is -2.40. The molecule has 0 radical (unpaired) electrons. The van der Waals surface area contributed by atoms with E-state index in [9.17, 15) is 4.79 Å². The Labute approximate surface area is 172 Å². The maximum Gasteiger partial charge on any atom is 0.292 e. The molecule has 1 aromatic carbocycles. The highest BCUT2D eigenvalue weighted by atomic mass is 35.5. The number of aromatic nitrogens is 1. The number of piperidine rings is 1. The van der Waals surface area contributed by atoms with Crippen LogP contribution in [-0.4, -0.2) is 54.1 Å². The lowest BCUT2D eigenvalue weighted by molar-refractivity contribution is 0.0700. The molecule has 2 aromatic rings. The van der Waals surface area contributed by atoms with E-state index in [0.29, 0.717) is 11.7 Å². The van der Waals surface area contributed by atoms with E-state index in [-0.39, 0.29) is 11.8 Å². The van der Waals surface area contributed by atoms with E-state index >= 15 is 0 Å². The molecule has 0 atom stereocenters. The molecule has 0 bridgehead atoms. The highest BCUT2D eigenvalue weighted by Crippen LogP contribution is 2.20. The van der Waals surface area contributed by atoms with Gasteiger partial charge in [0.1, 0.15) is 0 Å². The third-order valence-corrected chi connectivity index (χ3v) is 5.80. The smallest absolute Gasteiger partial charge is 0.292 e. The minimum absolute atomic E-state index is 0.0791. The summed E-state index contributed by atoms with van der Waals surface area (Å²) in [7, 11) is 1.85. The van der Waals surface area contributed by atoms with Crippen LogP contribution in [0.5, 0.6) is 0 Å². The summed E-state index contributed by atoms with van der Waals surface area (Å²) in [6.45, 7) is 8.08. The van der Waals surface area contributed by atoms with Gasteiger partial charge in [0.15, 0.2) is 0 Å². The van der Waals surface area contributed by atoms with Crippen LogP contribution in [0.4, 0.5) is 0 Å². The number of rotatable bonds is 7. The van der Waals surface area contributed by atoms with Gasteiger partial charge in [-0.15, -0.1) is 0 Å². The summed E-state index contributed by atoms with van der Waals surface area (Å²) >= 11 is 5.95. The third-order valence-electron chi connectivity index (χ3n) is 5.55. The first-order valence-corrected chi connectivity index (χ1v) is 10.5. The van der Waals surface area contributed by atoms with Crippen LogP contribution in [0.1, 0.15) is 54.4 Å². The molecule has 1 aliphatic heterocycles. The van der Waals surface area contributed by atoms with Gasteiger partial charge in [0.25, 0.3) is 5.91 Å². The van der Waals surface area contributed by atoms with Gasteiger partial charge in [-0.2, -0.15) is 0 Å². The normalized spacial score (nSPS) is 15.9. The second kappa shape index (κ2) is 9.57. The quantitative estimate of drug-likeness (QED) is 0.684.